The van der Waals surface area contributed by atoms with Gasteiger partial charge in [-0.3, -0.25) is 10.2 Å². The molecule has 0 saturated heterocycles. The van der Waals surface area contributed by atoms with Gasteiger partial charge in [0, 0.05) is 5.56 Å². The second-order valence-electron chi connectivity index (χ2n) is 7.01. The SMILES string of the molecule is CC(C(=O)NN(C(N)=S)c1ccccc1F)n1nnc(-c2cc(C(F)(F)F)cc(C(F)(F)F)c2)n1. The summed E-state index contributed by atoms with van der Waals surface area (Å²) in [6, 6.07) is 4.70. The molecule has 0 saturated carbocycles. The van der Waals surface area contributed by atoms with Crippen LogP contribution in [0.25, 0.3) is 11.4 Å². The Morgan fingerprint density at radius 3 is 2.17 bits per heavy atom. The van der Waals surface area contributed by atoms with Crippen LogP contribution in [-0.2, 0) is 17.1 Å². The van der Waals surface area contributed by atoms with Crippen LogP contribution in [0.3, 0.4) is 0 Å². The quantitative estimate of drug-likeness (QED) is 0.306. The lowest BCUT2D eigenvalue weighted by Gasteiger charge is -2.25. The first-order chi connectivity index (χ1) is 16.2. The van der Waals surface area contributed by atoms with E-state index >= 15 is 0 Å². The van der Waals surface area contributed by atoms with Crippen LogP contribution in [0.2, 0.25) is 0 Å². The molecule has 35 heavy (non-hydrogen) atoms. The molecular weight excluding hydrogens is 507 g/mol. The summed E-state index contributed by atoms with van der Waals surface area (Å²) < 4.78 is 92.8. The molecular formula is C19H14F7N7OS. The van der Waals surface area contributed by atoms with Crippen molar-refractivity contribution in [1.29, 1.82) is 0 Å². The highest BCUT2D eigenvalue weighted by Gasteiger charge is 2.37. The predicted molar refractivity (Wildman–Crippen MR) is 112 cm³/mol. The van der Waals surface area contributed by atoms with Crippen molar-refractivity contribution in [2.45, 2.75) is 25.3 Å². The lowest BCUT2D eigenvalue weighted by Crippen LogP contribution is -2.51. The number of hydrogen-bond acceptors (Lipinski definition) is 5. The number of thiocarbonyl (C=S) groups is 1. The zero-order valence-corrected chi connectivity index (χ0v) is 18.2. The number of alkyl halides is 6. The number of nitrogens with two attached hydrogens (primary N) is 1. The van der Waals surface area contributed by atoms with Crippen LogP contribution >= 0.6 is 12.2 Å². The lowest BCUT2D eigenvalue weighted by molar-refractivity contribution is -0.143. The number of nitrogens with one attached hydrogen (secondary N) is 1. The van der Waals surface area contributed by atoms with Gasteiger partial charge in [0.2, 0.25) is 5.82 Å². The zero-order chi connectivity index (χ0) is 26.1. The summed E-state index contributed by atoms with van der Waals surface area (Å²) in [6.07, 6.45) is -10.1. The Bertz CT molecular complexity index is 1230. The van der Waals surface area contributed by atoms with Crippen molar-refractivity contribution in [3.05, 3.63) is 59.4 Å². The van der Waals surface area contributed by atoms with E-state index in [0.29, 0.717) is 16.9 Å². The Labute approximate surface area is 197 Å². The maximum atomic E-state index is 14.1. The van der Waals surface area contributed by atoms with Gasteiger partial charge in [0.05, 0.1) is 11.1 Å². The number of para-hydroxylation sites is 1. The molecule has 1 aromatic heterocycles. The van der Waals surface area contributed by atoms with E-state index in [4.69, 9.17) is 18.0 Å². The van der Waals surface area contributed by atoms with E-state index in [-0.39, 0.29) is 11.8 Å². The first-order valence-electron chi connectivity index (χ1n) is 9.42. The summed E-state index contributed by atoms with van der Waals surface area (Å²) in [6.45, 7) is 1.24. The molecule has 0 aliphatic heterocycles. The average Bonchev–Trinajstić information content (AvgIpc) is 3.26. The third kappa shape index (κ3) is 5.82. The molecule has 0 bridgehead atoms. The number of carbonyl (C=O) groups excluding carboxylic acids is 1. The summed E-state index contributed by atoms with van der Waals surface area (Å²) in [5, 5.41) is 11.1. The molecule has 0 aliphatic rings. The lowest BCUT2D eigenvalue weighted by atomic mass is 10.0. The van der Waals surface area contributed by atoms with Crippen LogP contribution < -0.4 is 16.2 Å². The molecule has 1 heterocycles. The summed E-state index contributed by atoms with van der Waals surface area (Å²) in [5.74, 6) is -2.26. The average molecular weight is 521 g/mol. The van der Waals surface area contributed by atoms with Gasteiger partial charge in [-0.2, -0.15) is 31.1 Å². The highest BCUT2D eigenvalue weighted by Crippen LogP contribution is 2.38. The van der Waals surface area contributed by atoms with Gasteiger partial charge in [-0.15, -0.1) is 10.2 Å². The molecule has 3 rings (SSSR count). The molecule has 16 heteroatoms. The molecule has 0 radical (unpaired) electrons. The fourth-order valence-electron chi connectivity index (χ4n) is 2.76. The standard InChI is InChI=1S/C19H14F7N7OS/c1-9(16(34)30-32(17(27)35)14-5-3-2-4-13(14)20)33-29-15(28-31-33)10-6-11(18(21,22)23)8-12(7-10)19(24,25)26/h2-9H,1H3,(H2,27,35)(H,30,34). The Balaban J connectivity index is 1.90. The molecule has 1 unspecified atom stereocenters. The molecule has 2 aromatic carbocycles. The summed E-state index contributed by atoms with van der Waals surface area (Å²) in [7, 11) is 0. The molecule has 0 spiro atoms. The van der Waals surface area contributed by atoms with E-state index < -0.39 is 57.7 Å². The highest BCUT2D eigenvalue weighted by molar-refractivity contribution is 7.80. The van der Waals surface area contributed by atoms with Gasteiger partial charge >= 0.3 is 12.4 Å². The second-order valence-corrected chi connectivity index (χ2v) is 7.42. The molecule has 8 nitrogen and oxygen atoms in total. The molecule has 0 aliphatic carbocycles. The Morgan fingerprint density at radius 2 is 1.66 bits per heavy atom. The van der Waals surface area contributed by atoms with Gasteiger partial charge in [0.15, 0.2) is 11.2 Å². The summed E-state index contributed by atoms with van der Waals surface area (Å²) in [5.41, 5.74) is 3.84. The normalized spacial score (nSPS) is 12.8. The van der Waals surface area contributed by atoms with Crippen molar-refractivity contribution in [2.24, 2.45) is 5.73 Å². The van der Waals surface area contributed by atoms with E-state index in [0.717, 1.165) is 11.1 Å². The van der Waals surface area contributed by atoms with Gasteiger partial charge < -0.3 is 5.73 Å². The van der Waals surface area contributed by atoms with E-state index in [9.17, 15) is 35.5 Å². The fourth-order valence-corrected chi connectivity index (χ4v) is 2.91. The predicted octanol–water partition coefficient (Wildman–Crippen LogP) is 3.86. The number of benzene rings is 2. The van der Waals surface area contributed by atoms with Crippen LogP contribution in [0.15, 0.2) is 42.5 Å². The van der Waals surface area contributed by atoms with Crippen molar-refractivity contribution in [2.75, 3.05) is 5.01 Å². The minimum Gasteiger partial charge on any atom is -0.374 e. The van der Waals surface area contributed by atoms with Gasteiger partial charge in [0.25, 0.3) is 5.91 Å². The van der Waals surface area contributed by atoms with Crippen LogP contribution in [-0.4, -0.2) is 31.2 Å². The van der Waals surface area contributed by atoms with Gasteiger partial charge in [-0.05, 0) is 54.7 Å². The summed E-state index contributed by atoms with van der Waals surface area (Å²) in [4.78, 5) is 13.3. The van der Waals surface area contributed by atoms with Gasteiger partial charge in [-0.1, -0.05) is 12.1 Å². The molecule has 3 N–H and O–H groups in total. The van der Waals surface area contributed by atoms with Crippen molar-refractivity contribution in [1.82, 2.24) is 25.6 Å². The van der Waals surface area contributed by atoms with Crippen LogP contribution in [0.5, 0.6) is 0 Å². The van der Waals surface area contributed by atoms with Crippen LogP contribution in [0, 0.1) is 5.82 Å². The highest BCUT2D eigenvalue weighted by atomic mass is 32.1. The molecule has 1 atom stereocenters. The number of amides is 1. The third-order valence-corrected chi connectivity index (χ3v) is 4.72. The van der Waals surface area contributed by atoms with Gasteiger partial charge in [0.1, 0.15) is 11.5 Å². The number of nitrogens with zero attached hydrogens (tertiary/aromatic N) is 5. The summed E-state index contributed by atoms with van der Waals surface area (Å²) >= 11 is 4.82. The maximum Gasteiger partial charge on any atom is 0.416 e. The van der Waals surface area contributed by atoms with Crippen molar-refractivity contribution < 1.29 is 35.5 Å². The zero-order valence-electron chi connectivity index (χ0n) is 17.4. The number of hydrogen-bond donors (Lipinski definition) is 2. The Hall–Kier alpha value is -3.82. The number of tetrazole rings is 1. The molecule has 0 fully saturated rings. The van der Waals surface area contributed by atoms with E-state index in [1.54, 1.807) is 0 Å². The van der Waals surface area contributed by atoms with Gasteiger partial charge in [-0.25, -0.2) is 9.40 Å². The largest absolute Gasteiger partial charge is 0.416 e. The van der Waals surface area contributed by atoms with E-state index in [1.807, 2.05) is 0 Å². The second kappa shape index (κ2) is 9.44. The smallest absolute Gasteiger partial charge is 0.374 e. The maximum absolute atomic E-state index is 14.1. The first kappa shape index (κ1) is 25.8. The van der Waals surface area contributed by atoms with Crippen LogP contribution in [0.4, 0.5) is 36.4 Å². The topological polar surface area (TPSA) is 102 Å². The first-order valence-corrected chi connectivity index (χ1v) is 9.83. The van der Waals surface area contributed by atoms with E-state index in [2.05, 4.69) is 20.8 Å². The molecule has 186 valence electrons. The number of halogens is 7. The third-order valence-electron chi connectivity index (χ3n) is 4.54. The number of aromatic nitrogens is 4. The van der Waals surface area contributed by atoms with E-state index in [1.165, 1.54) is 25.1 Å². The number of anilines is 1. The number of rotatable bonds is 4. The monoisotopic (exact) mass is 521 g/mol. The molecule has 1 amide bonds. The van der Waals surface area contributed by atoms with Crippen LogP contribution in [0.1, 0.15) is 24.1 Å². The van der Waals surface area contributed by atoms with Crippen molar-refractivity contribution in [3.63, 3.8) is 0 Å². The van der Waals surface area contributed by atoms with Crippen molar-refractivity contribution >= 4 is 28.9 Å². The minimum absolute atomic E-state index is 0.0446. The fraction of sp³-hybridized carbons (Fsp3) is 0.211. The number of hydrazine groups is 1. The minimum atomic E-state index is -5.07. The Kier molecular flexibility index (Phi) is 6.96. The van der Waals surface area contributed by atoms with Crippen molar-refractivity contribution in [3.8, 4) is 11.4 Å². The Morgan fingerprint density at radius 1 is 1.09 bits per heavy atom. The number of carbonyl (C=O) groups is 1. The molecule has 3 aromatic rings.